The van der Waals surface area contributed by atoms with E-state index in [2.05, 4.69) is 27.2 Å². The Bertz CT molecular complexity index is 376. The van der Waals surface area contributed by atoms with E-state index in [-0.39, 0.29) is 0 Å². The van der Waals surface area contributed by atoms with E-state index >= 15 is 0 Å². The number of aryl methyl sites for hydroxylation is 1. The van der Waals surface area contributed by atoms with Crippen LogP contribution in [-0.4, -0.2) is 26.2 Å². The molecule has 0 aromatic carbocycles. The standard InChI is InChI=1S/C12H20N4S/c1-2-3-8-11-13-14-12-16(11)15-9-6-4-5-7-10(9)17-12/h9-10,15H,2-8H2,1H3. The minimum absolute atomic E-state index is 0.623. The van der Waals surface area contributed by atoms with Gasteiger partial charge in [0.15, 0.2) is 5.82 Å². The molecular formula is C12H20N4S. The Hall–Kier alpha value is -0.710. The lowest BCUT2D eigenvalue weighted by atomic mass is 9.95. The number of aromatic nitrogens is 3. The molecule has 2 aliphatic rings. The van der Waals surface area contributed by atoms with Crippen LogP contribution >= 0.6 is 11.8 Å². The molecule has 2 unspecified atom stereocenters. The van der Waals surface area contributed by atoms with E-state index in [1.165, 1.54) is 38.5 Å². The maximum atomic E-state index is 4.32. The van der Waals surface area contributed by atoms with E-state index < -0.39 is 0 Å². The molecule has 1 fully saturated rings. The molecule has 1 N–H and O–H groups in total. The lowest BCUT2D eigenvalue weighted by Gasteiger charge is -2.36. The summed E-state index contributed by atoms with van der Waals surface area (Å²) in [6.07, 6.45) is 8.78. The predicted octanol–water partition coefficient (Wildman–Crippen LogP) is 2.58. The van der Waals surface area contributed by atoms with Crippen molar-refractivity contribution in [3.8, 4) is 0 Å². The molecule has 0 amide bonds. The molecule has 0 saturated heterocycles. The SMILES string of the molecule is CCCCc1nnc2n1NC1CCCCC1S2. The molecule has 2 atom stereocenters. The molecule has 1 aliphatic heterocycles. The molecule has 0 bridgehead atoms. The third-order valence-corrected chi connectivity index (χ3v) is 5.05. The minimum atomic E-state index is 0.623. The summed E-state index contributed by atoms with van der Waals surface area (Å²) in [5.74, 6) is 1.11. The van der Waals surface area contributed by atoms with Crippen LogP contribution in [0.2, 0.25) is 0 Å². The summed E-state index contributed by atoms with van der Waals surface area (Å²) in [7, 11) is 0. The van der Waals surface area contributed by atoms with Crippen molar-refractivity contribution < 1.29 is 0 Å². The van der Waals surface area contributed by atoms with Gasteiger partial charge in [-0.3, -0.25) is 0 Å². The summed E-state index contributed by atoms with van der Waals surface area (Å²) in [4.78, 5) is 0. The smallest absolute Gasteiger partial charge is 0.210 e. The van der Waals surface area contributed by atoms with E-state index in [0.717, 1.165) is 17.4 Å². The summed E-state index contributed by atoms with van der Waals surface area (Å²) in [5, 5.41) is 10.4. The van der Waals surface area contributed by atoms with Crippen molar-refractivity contribution in [2.24, 2.45) is 0 Å². The highest BCUT2D eigenvalue weighted by molar-refractivity contribution is 7.99. The maximum absolute atomic E-state index is 4.32. The summed E-state index contributed by atoms with van der Waals surface area (Å²) in [6.45, 7) is 2.22. The normalized spacial score (nSPS) is 27.1. The third-order valence-electron chi connectivity index (χ3n) is 3.71. The minimum Gasteiger partial charge on any atom is -0.318 e. The molecule has 0 spiro atoms. The van der Waals surface area contributed by atoms with Gasteiger partial charge in [-0.05, 0) is 19.3 Å². The number of rotatable bonds is 3. The van der Waals surface area contributed by atoms with Gasteiger partial charge in [0.05, 0.1) is 6.04 Å². The van der Waals surface area contributed by atoms with Gasteiger partial charge in [0.1, 0.15) is 0 Å². The highest BCUT2D eigenvalue weighted by Gasteiger charge is 2.33. The van der Waals surface area contributed by atoms with Gasteiger partial charge in [0, 0.05) is 11.7 Å². The van der Waals surface area contributed by atoms with Crippen molar-refractivity contribution in [3.05, 3.63) is 5.82 Å². The van der Waals surface area contributed by atoms with Gasteiger partial charge in [0.25, 0.3) is 0 Å². The fourth-order valence-electron chi connectivity index (χ4n) is 2.69. The zero-order chi connectivity index (χ0) is 11.7. The molecule has 3 rings (SSSR count). The number of hydrogen-bond donors (Lipinski definition) is 1. The van der Waals surface area contributed by atoms with Crippen LogP contribution in [0.3, 0.4) is 0 Å². The maximum Gasteiger partial charge on any atom is 0.210 e. The molecule has 2 heterocycles. The fraction of sp³-hybridized carbons (Fsp3) is 0.833. The van der Waals surface area contributed by atoms with Crippen molar-refractivity contribution in [1.82, 2.24) is 14.9 Å². The second-order valence-electron chi connectivity index (χ2n) is 5.01. The Kier molecular flexibility index (Phi) is 3.27. The van der Waals surface area contributed by atoms with Gasteiger partial charge < -0.3 is 5.43 Å². The first-order chi connectivity index (χ1) is 8.38. The zero-order valence-electron chi connectivity index (χ0n) is 10.4. The van der Waals surface area contributed by atoms with Crippen molar-refractivity contribution in [2.75, 3.05) is 5.43 Å². The van der Waals surface area contributed by atoms with Gasteiger partial charge in [0.2, 0.25) is 5.16 Å². The lowest BCUT2D eigenvalue weighted by molar-refractivity contribution is 0.427. The van der Waals surface area contributed by atoms with Crippen LogP contribution in [0.5, 0.6) is 0 Å². The van der Waals surface area contributed by atoms with E-state index in [0.29, 0.717) is 11.3 Å². The van der Waals surface area contributed by atoms with Crippen LogP contribution in [0.4, 0.5) is 0 Å². The Labute approximate surface area is 107 Å². The van der Waals surface area contributed by atoms with E-state index in [9.17, 15) is 0 Å². The molecule has 4 nitrogen and oxygen atoms in total. The van der Waals surface area contributed by atoms with Crippen LogP contribution in [-0.2, 0) is 6.42 Å². The van der Waals surface area contributed by atoms with Crippen LogP contribution in [0, 0.1) is 0 Å². The summed E-state index contributed by atoms with van der Waals surface area (Å²) >= 11 is 1.92. The first kappa shape index (κ1) is 11.4. The summed E-state index contributed by atoms with van der Waals surface area (Å²) in [6, 6.07) is 0.623. The topological polar surface area (TPSA) is 42.7 Å². The molecular weight excluding hydrogens is 232 g/mol. The van der Waals surface area contributed by atoms with Gasteiger partial charge in [-0.2, -0.15) is 0 Å². The van der Waals surface area contributed by atoms with E-state index in [4.69, 9.17) is 0 Å². The lowest BCUT2D eigenvalue weighted by Crippen LogP contribution is -2.43. The Balaban J connectivity index is 1.78. The van der Waals surface area contributed by atoms with Gasteiger partial charge in [-0.1, -0.05) is 37.9 Å². The fourth-order valence-corrected chi connectivity index (χ4v) is 3.96. The molecule has 0 radical (unpaired) electrons. The molecule has 1 aromatic heterocycles. The van der Waals surface area contributed by atoms with Crippen LogP contribution in [0.15, 0.2) is 5.16 Å². The second kappa shape index (κ2) is 4.88. The first-order valence-corrected chi connectivity index (χ1v) is 7.64. The average molecular weight is 252 g/mol. The largest absolute Gasteiger partial charge is 0.318 e. The predicted molar refractivity (Wildman–Crippen MR) is 69.9 cm³/mol. The number of hydrogen-bond acceptors (Lipinski definition) is 4. The second-order valence-corrected chi connectivity index (χ2v) is 6.22. The quantitative estimate of drug-likeness (QED) is 0.898. The number of nitrogens with one attached hydrogen (secondary N) is 1. The molecule has 5 heteroatoms. The number of fused-ring (bicyclic) bond motifs is 2. The van der Waals surface area contributed by atoms with Crippen molar-refractivity contribution >= 4 is 11.8 Å². The molecule has 1 aromatic rings. The molecule has 1 saturated carbocycles. The summed E-state index contributed by atoms with van der Waals surface area (Å²) < 4.78 is 2.15. The van der Waals surface area contributed by atoms with E-state index in [1.807, 2.05) is 11.8 Å². The van der Waals surface area contributed by atoms with Crippen molar-refractivity contribution in [3.63, 3.8) is 0 Å². The first-order valence-electron chi connectivity index (χ1n) is 6.76. The van der Waals surface area contributed by atoms with Gasteiger partial charge >= 0.3 is 0 Å². The number of thioether (sulfide) groups is 1. The van der Waals surface area contributed by atoms with Crippen LogP contribution in [0.1, 0.15) is 51.3 Å². The van der Waals surface area contributed by atoms with Crippen LogP contribution in [0.25, 0.3) is 0 Å². The Morgan fingerprint density at radius 3 is 3.12 bits per heavy atom. The highest BCUT2D eigenvalue weighted by Crippen LogP contribution is 2.36. The number of unbranched alkanes of at least 4 members (excludes halogenated alkanes) is 1. The molecule has 1 aliphatic carbocycles. The molecule has 17 heavy (non-hydrogen) atoms. The number of nitrogens with zero attached hydrogens (tertiary/aromatic N) is 3. The highest BCUT2D eigenvalue weighted by atomic mass is 32.2. The van der Waals surface area contributed by atoms with Crippen molar-refractivity contribution in [2.45, 2.75) is 68.3 Å². The van der Waals surface area contributed by atoms with Crippen LogP contribution < -0.4 is 5.43 Å². The van der Waals surface area contributed by atoms with E-state index in [1.54, 1.807) is 0 Å². The Morgan fingerprint density at radius 2 is 2.24 bits per heavy atom. The molecule has 94 valence electrons. The van der Waals surface area contributed by atoms with Crippen molar-refractivity contribution in [1.29, 1.82) is 0 Å². The average Bonchev–Trinajstić information content (AvgIpc) is 2.76. The zero-order valence-corrected chi connectivity index (χ0v) is 11.2. The van der Waals surface area contributed by atoms with Gasteiger partial charge in [-0.25, -0.2) is 4.68 Å². The third kappa shape index (κ3) is 2.17. The summed E-state index contributed by atoms with van der Waals surface area (Å²) in [5.41, 5.74) is 3.63. The van der Waals surface area contributed by atoms with Gasteiger partial charge in [-0.15, -0.1) is 10.2 Å². The Morgan fingerprint density at radius 1 is 1.35 bits per heavy atom. The monoisotopic (exact) mass is 252 g/mol.